The predicted molar refractivity (Wildman–Crippen MR) is 95.1 cm³/mol. The van der Waals surface area contributed by atoms with Gasteiger partial charge in [0.1, 0.15) is 0 Å². The first-order valence-electron chi connectivity index (χ1n) is 7.98. The summed E-state index contributed by atoms with van der Waals surface area (Å²) in [5, 5.41) is 4.21. The highest BCUT2D eigenvalue weighted by Crippen LogP contribution is 2.36. The molecule has 2 aromatic rings. The van der Waals surface area contributed by atoms with Gasteiger partial charge in [0, 0.05) is 25.6 Å². The molecule has 3 heteroatoms. The maximum atomic E-state index is 6.45. The van der Waals surface area contributed by atoms with Crippen LogP contribution in [0.3, 0.4) is 0 Å². The number of hydrogen-bond acceptors (Lipinski definition) is 2. The molecular formula is C19H23ClN2. The van der Waals surface area contributed by atoms with Gasteiger partial charge in [-0.3, -0.25) is 0 Å². The van der Waals surface area contributed by atoms with Crippen molar-refractivity contribution in [3.05, 3.63) is 64.2 Å². The zero-order valence-corrected chi connectivity index (χ0v) is 14.0. The van der Waals surface area contributed by atoms with E-state index in [0.29, 0.717) is 5.92 Å². The number of rotatable bonds is 3. The molecule has 1 unspecified atom stereocenters. The molecule has 1 heterocycles. The van der Waals surface area contributed by atoms with Gasteiger partial charge in [-0.25, -0.2) is 0 Å². The second-order valence-corrected chi connectivity index (χ2v) is 6.44. The van der Waals surface area contributed by atoms with Crippen molar-refractivity contribution in [1.29, 1.82) is 0 Å². The van der Waals surface area contributed by atoms with Gasteiger partial charge in [-0.1, -0.05) is 41.9 Å². The summed E-state index contributed by atoms with van der Waals surface area (Å²) in [7, 11) is 2.20. The van der Waals surface area contributed by atoms with Gasteiger partial charge in [0.05, 0.1) is 10.7 Å². The smallest absolute Gasteiger partial charge is 0.0640 e. The van der Waals surface area contributed by atoms with Gasteiger partial charge in [0.25, 0.3) is 0 Å². The molecule has 0 radical (unpaired) electrons. The lowest BCUT2D eigenvalue weighted by Gasteiger charge is -2.23. The third-order valence-electron chi connectivity index (χ3n) is 4.43. The number of benzene rings is 2. The minimum atomic E-state index is 0.401. The second kappa shape index (κ2) is 6.72. The largest absolute Gasteiger partial charge is 0.384 e. The molecule has 0 aliphatic carbocycles. The molecule has 2 nitrogen and oxygen atoms in total. The molecule has 0 fully saturated rings. The minimum absolute atomic E-state index is 0.401. The van der Waals surface area contributed by atoms with Crippen LogP contribution in [0, 0.1) is 0 Å². The molecular weight excluding hydrogens is 292 g/mol. The van der Waals surface area contributed by atoms with E-state index in [1.165, 1.54) is 16.7 Å². The van der Waals surface area contributed by atoms with Crippen LogP contribution < -0.4 is 5.32 Å². The normalized spacial score (nSPS) is 18.6. The Morgan fingerprint density at radius 1 is 1.23 bits per heavy atom. The minimum Gasteiger partial charge on any atom is -0.384 e. The molecule has 0 saturated carbocycles. The van der Waals surface area contributed by atoms with Gasteiger partial charge in [-0.15, -0.1) is 0 Å². The fourth-order valence-corrected chi connectivity index (χ4v) is 3.53. The first-order valence-corrected chi connectivity index (χ1v) is 8.36. The van der Waals surface area contributed by atoms with E-state index in [9.17, 15) is 0 Å². The summed E-state index contributed by atoms with van der Waals surface area (Å²) in [4.78, 5) is 2.42. The Balaban J connectivity index is 2.09. The number of halogens is 1. The predicted octanol–water partition coefficient (Wildman–Crippen LogP) is 4.39. The molecule has 3 rings (SSSR count). The van der Waals surface area contributed by atoms with Crippen molar-refractivity contribution in [2.24, 2.45) is 0 Å². The van der Waals surface area contributed by atoms with Crippen LogP contribution in [-0.4, -0.2) is 31.6 Å². The Hall–Kier alpha value is -1.51. The van der Waals surface area contributed by atoms with E-state index < -0.39 is 0 Å². The first kappa shape index (κ1) is 15.4. The third-order valence-corrected chi connectivity index (χ3v) is 4.74. The quantitative estimate of drug-likeness (QED) is 0.903. The van der Waals surface area contributed by atoms with Crippen LogP contribution in [0.1, 0.15) is 29.5 Å². The average Bonchev–Trinajstić information content (AvgIpc) is 2.69. The molecule has 0 amide bonds. The summed E-state index contributed by atoms with van der Waals surface area (Å²) in [6.07, 6.45) is 1.06. The number of fused-ring (bicyclic) bond motifs is 1. The van der Waals surface area contributed by atoms with Crippen LogP contribution in [0.25, 0.3) is 0 Å². The standard InChI is InChI=1S/C19H23ClN2/c1-3-21-19-12-16-15(11-18(19)20)9-10-22(2)13-17(16)14-7-5-4-6-8-14/h4-8,11-12,17,21H,3,9-10,13H2,1-2H3. The number of likely N-dealkylation sites (N-methyl/N-ethyl adjacent to an activating group) is 1. The summed E-state index contributed by atoms with van der Waals surface area (Å²) in [6, 6.07) is 15.2. The Labute approximate surface area is 138 Å². The van der Waals surface area contributed by atoms with E-state index in [2.05, 4.69) is 66.7 Å². The van der Waals surface area contributed by atoms with E-state index in [1.807, 2.05) is 0 Å². The van der Waals surface area contributed by atoms with Gasteiger partial charge >= 0.3 is 0 Å². The number of hydrogen-bond donors (Lipinski definition) is 1. The molecule has 1 aliphatic rings. The Bertz CT molecular complexity index is 639. The van der Waals surface area contributed by atoms with Crippen molar-refractivity contribution in [1.82, 2.24) is 4.90 Å². The molecule has 1 aliphatic heterocycles. The van der Waals surface area contributed by atoms with Crippen LogP contribution in [0.15, 0.2) is 42.5 Å². The fourth-order valence-electron chi connectivity index (χ4n) is 3.28. The van der Waals surface area contributed by atoms with Crippen LogP contribution in [0.4, 0.5) is 5.69 Å². The second-order valence-electron chi connectivity index (χ2n) is 6.04. The maximum Gasteiger partial charge on any atom is 0.0640 e. The molecule has 0 aromatic heterocycles. The molecule has 2 aromatic carbocycles. The van der Waals surface area contributed by atoms with Gasteiger partial charge in [-0.05, 0) is 49.2 Å². The van der Waals surface area contributed by atoms with Crippen LogP contribution >= 0.6 is 11.6 Å². The summed E-state index contributed by atoms with van der Waals surface area (Å²) in [6.45, 7) is 5.11. The molecule has 0 bridgehead atoms. The van der Waals surface area contributed by atoms with Gasteiger partial charge in [-0.2, -0.15) is 0 Å². The van der Waals surface area contributed by atoms with Crippen LogP contribution in [0.2, 0.25) is 5.02 Å². The van der Waals surface area contributed by atoms with Crippen molar-refractivity contribution in [3.8, 4) is 0 Å². The van der Waals surface area contributed by atoms with Gasteiger partial charge in [0.2, 0.25) is 0 Å². The van der Waals surface area contributed by atoms with E-state index in [-0.39, 0.29) is 0 Å². The zero-order chi connectivity index (χ0) is 15.5. The van der Waals surface area contributed by atoms with E-state index in [1.54, 1.807) is 0 Å². The van der Waals surface area contributed by atoms with Crippen molar-refractivity contribution in [2.45, 2.75) is 19.3 Å². The fraction of sp³-hybridized carbons (Fsp3) is 0.368. The number of nitrogens with one attached hydrogen (secondary N) is 1. The highest BCUT2D eigenvalue weighted by Gasteiger charge is 2.24. The van der Waals surface area contributed by atoms with Crippen molar-refractivity contribution in [3.63, 3.8) is 0 Å². The monoisotopic (exact) mass is 314 g/mol. The first-order chi connectivity index (χ1) is 10.7. The van der Waals surface area contributed by atoms with Crippen LogP contribution in [-0.2, 0) is 6.42 Å². The Kier molecular flexibility index (Phi) is 4.70. The third kappa shape index (κ3) is 3.13. The molecule has 22 heavy (non-hydrogen) atoms. The zero-order valence-electron chi connectivity index (χ0n) is 13.3. The van der Waals surface area contributed by atoms with E-state index >= 15 is 0 Å². The number of nitrogens with zero attached hydrogens (tertiary/aromatic N) is 1. The summed E-state index contributed by atoms with van der Waals surface area (Å²) >= 11 is 6.45. The topological polar surface area (TPSA) is 15.3 Å². The van der Waals surface area contributed by atoms with Gasteiger partial charge in [0.15, 0.2) is 0 Å². The Morgan fingerprint density at radius 2 is 2.00 bits per heavy atom. The SMILES string of the molecule is CCNc1cc2c(cc1Cl)CCN(C)CC2c1ccccc1. The summed E-state index contributed by atoms with van der Waals surface area (Å²) < 4.78 is 0. The molecule has 1 atom stereocenters. The lowest BCUT2D eigenvalue weighted by Crippen LogP contribution is -2.24. The van der Waals surface area contributed by atoms with E-state index in [0.717, 1.165) is 36.8 Å². The molecule has 1 N–H and O–H groups in total. The Morgan fingerprint density at radius 3 is 2.73 bits per heavy atom. The van der Waals surface area contributed by atoms with Crippen molar-refractivity contribution < 1.29 is 0 Å². The number of anilines is 1. The summed E-state index contributed by atoms with van der Waals surface area (Å²) in [5.41, 5.74) is 5.22. The lowest BCUT2D eigenvalue weighted by atomic mass is 9.87. The van der Waals surface area contributed by atoms with Crippen LogP contribution in [0.5, 0.6) is 0 Å². The summed E-state index contributed by atoms with van der Waals surface area (Å²) in [5.74, 6) is 0.401. The maximum absolute atomic E-state index is 6.45. The molecule has 0 saturated heterocycles. The van der Waals surface area contributed by atoms with Crippen molar-refractivity contribution >= 4 is 17.3 Å². The molecule has 116 valence electrons. The van der Waals surface area contributed by atoms with Crippen molar-refractivity contribution in [2.75, 3.05) is 32.0 Å². The highest BCUT2D eigenvalue weighted by atomic mass is 35.5. The van der Waals surface area contributed by atoms with E-state index in [4.69, 9.17) is 11.6 Å². The van der Waals surface area contributed by atoms with Gasteiger partial charge < -0.3 is 10.2 Å². The molecule has 0 spiro atoms. The highest BCUT2D eigenvalue weighted by molar-refractivity contribution is 6.33. The lowest BCUT2D eigenvalue weighted by molar-refractivity contribution is 0.338. The average molecular weight is 315 g/mol.